The van der Waals surface area contributed by atoms with E-state index in [2.05, 4.69) is 45.4 Å². The minimum Gasteiger partial charge on any atom is -0.368 e. The third-order valence-corrected chi connectivity index (χ3v) is 3.45. The maximum Gasteiger partial charge on any atom is 0.134 e. The number of nitrogens with zero attached hydrogens (tertiary/aromatic N) is 3. The number of likely N-dealkylation sites (N-methyl/N-ethyl adjacent to an activating group) is 1. The summed E-state index contributed by atoms with van der Waals surface area (Å²) in [5.41, 5.74) is 0. The van der Waals surface area contributed by atoms with Crippen molar-refractivity contribution >= 4 is 11.6 Å². The van der Waals surface area contributed by atoms with Crippen molar-refractivity contribution in [2.24, 2.45) is 0 Å². The van der Waals surface area contributed by atoms with Crippen molar-refractivity contribution in [2.45, 2.75) is 45.2 Å². The van der Waals surface area contributed by atoms with Crippen LogP contribution < -0.4 is 15.5 Å². The lowest BCUT2D eigenvalue weighted by molar-refractivity contribution is 0.443. The molecule has 1 saturated heterocycles. The molecule has 2 heterocycles. The molecule has 0 saturated carbocycles. The van der Waals surface area contributed by atoms with Gasteiger partial charge in [-0.1, -0.05) is 0 Å². The predicted molar refractivity (Wildman–Crippen MR) is 79.7 cm³/mol. The summed E-state index contributed by atoms with van der Waals surface area (Å²) >= 11 is 0. The Kier molecular flexibility index (Phi) is 4.96. The molecule has 0 bridgehead atoms. The van der Waals surface area contributed by atoms with Crippen molar-refractivity contribution in [3.8, 4) is 0 Å². The van der Waals surface area contributed by atoms with Crippen molar-refractivity contribution in [3.63, 3.8) is 0 Å². The minimum absolute atomic E-state index is 0.386. The third kappa shape index (κ3) is 3.80. The molecule has 1 aromatic heterocycles. The van der Waals surface area contributed by atoms with E-state index in [-0.39, 0.29) is 0 Å². The van der Waals surface area contributed by atoms with E-state index in [0.717, 1.165) is 24.7 Å². The zero-order valence-corrected chi connectivity index (χ0v) is 12.2. The highest BCUT2D eigenvalue weighted by molar-refractivity contribution is 5.49. The summed E-state index contributed by atoms with van der Waals surface area (Å²) in [5.74, 6) is 1.95. The fraction of sp³-hybridized carbons (Fsp3) is 0.714. The van der Waals surface area contributed by atoms with Crippen LogP contribution in [0.2, 0.25) is 0 Å². The lowest BCUT2D eigenvalue weighted by Gasteiger charge is -2.36. The molecule has 0 aromatic carbocycles. The van der Waals surface area contributed by atoms with Gasteiger partial charge < -0.3 is 15.5 Å². The SMILES string of the molecule is CNCC1CCCCN1c1cc(NC(C)C)ncn1. The highest BCUT2D eigenvalue weighted by atomic mass is 15.2. The molecular weight excluding hydrogens is 238 g/mol. The summed E-state index contributed by atoms with van der Waals surface area (Å²) in [4.78, 5) is 11.1. The van der Waals surface area contributed by atoms with Gasteiger partial charge in [-0.15, -0.1) is 0 Å². The summed E-state index contributed by atoms with van der Waals surface area (Å²) in [7, 11) is 2.01. The molecule has 1 aliphatic heterocycles. The Hall–Kier alpha value is -1.36. The lowest BCUT2D eigenvalue weighted by Crippen LogP contribution is -2.45. The second-order valence-electron chi connectivity index (χ2n) is 5.46. The van der Waals surface area contributed by atoms with Gasteiger partial charge in [0.2, 0.25) is 0 Å². The highest BCUT2D eigenvalue weighted by Gasteiger charge is 2.23. The molecule has 1 aromatic rings. The summed E-state index contributed by atoms with van der Waals surface area (Å²) in [6, 6.07) is 2.99. The van der Waals surface area contributed by atoms with Crippen LogP contribution in [-0.2, 0) is 0 Å². The molecule has 2 rings (SSSR count). The average molecular weight is 263 g/mol. The van der Waals surface area contributed by atoms with Crippen LogP contribution in [0.25, 0.3) is 0 Å². The van der Waals surface area contributed by atoms with Crippen LogP contribution in [0, 0.1) is 0 Å². The van der Waals surface area contributed by atoms with Gasteiger partial charge in [-0.3, -0.25) is 0 Å². The largest absolute Gasteiger partial charge is 0.368 e. The smallest absolute Gasteiger partial charge is 0.134 e. The first kappa shape index (κ1) is 14.1. The predicted octanol–water partition coefficient (Wildman–Crippen LogP) is 1.88. The van der Waals surface area contributed by atoms with E-state index in [1.165, 1.54) is 19.3 Å². The first-order valence-electron chi connectivity index (χ1n) is 7.20. The molecule has 1 aliphatic rings. The van der Waals surface area contributed by atoms with Crippen molar-refractivity contribution in [3.05, 3.63) is 12.4 Å². The van der Waals surface area contributed by atoms with Crippen LogP contribution in [0.5, 0.6) is 0 Å². The van der Waals surface area contributed by atoms with Gasteiger partial charge in [0.1, 0.15) is 18.0 Å². The Balaban J connectivity index is 2.14. The van der Waals surface area contributed by atoms with E-state index in [0.29, 0.717) is 12.1 Å². The summed E-state index contributed by atoms with van der Waals surface area (Å²) < 4.78 is 0. The number of aromatic nitrogens is 2. The van der Waals surface area contributed by atoms with Gasteiger partial charge in [0.25, 0.3) is 0 Å². The quantitative estimate of drug-likeness (QED) is 0.849. The number of piperidine rings is 1. The Morgan fingerprint density at radius 2 is 2.21 bits per heavy atom. The van der Waals surface area contributed by atoms with E-state index >= 15 is 0 Å². The second kappa shape index (κ2) is 6.70. The van der Waals surface area contributed by atoms with Crippen LogP contribution in [0.4, 0.5) is 11.6 Å². The lowest BCUT2D eigenvalue weighted by atomic mass is 10.0. The molecule has 1 fully saturated rings. The average Bonchev–Trinajstić information content (AvgIpc) is 2.39. The van der Waals surface area contributed by atoms with E-state index in [9.17, 15) is 0 Å². The van der Waals surface area contributed by atoms with Gasteiger partial charge in [0, 0.05) is 31.2 Å². The molecule has 19 heavy (non-hydrogen) atoms. The van der Waals surface area contributed by atoms with Gasteiger partial charge in [-0.05, 0) is 40.2 Å². The Bertz CT molecular complexity index is 391. The number of hydrogen-bond acceptors (Lipinski definition) is 5. The number of hydrogen-bond donors (Lipinski definition) is 2. The molecule has 1 unspecified atom stereocenters. The monoisotopic (exact) mass is 263 g/mol. The van der Waals surface area contributed by atoms with Gasteiger partial charge in [0.15, 0.2) is 0 Å². The topological polar surface area (TPSA) is 53.1 Å². The normalized spacial score (nSPS) is 19.8. The zero-order chi connectivity index (χ0) is 13.7. The van der Waals surface area contributed by atoms with Crippen LogP contribution >= 0.6 is 0 Å². The molecule has 5 nitrogen and oxygen atoms in total. The van der Waals surface area contributed by atoms with Gasteiger partial charge >= 0.3 is 0 Å². The minimum atomic E-state index is 0.386. The summed E-state index contributed by atoms with van der Waals surface area (Å²) in [6.07, 6.45) is 5.45. The van der Waals surface area contributed by atoms with E-state index in [4.69, 9.17) is 0 Å². The maximum atomic E-state index is 4.45. The second-order valence-corrected chi connectivity index (χ2v) is 5.46. The van der Waals surface area contributed by atoms with Crippen molar-refractivity contribution in [2.75, 3.05) is 30.4 Å². The number of nitrogens with one attached hydrogen (secondary N) is 2. The summed E-state index contributed by atoms with van der Waals surface area (Å²) in [6.45, 7) is 6.33. The van der Waals surface area contributed by atoms with Crippen LogP contribution in [0.15, 0.2) is 12.4 Å². The molecule has 0 spiro atoms. The van der Waals surface area contributed by atoms with Crippen molar-refractivity contribution in [1.82, 2.24) is 15.3 Å². The van der Waals surface area contributed by atoms with Gasteiger partial charge in [-0.25, -0.2) is 9.97 Å². The van der Waals surface area contributed by atoms with Crippen LogP contribution in [0.1, 0.15) is 33.1 Å². The summed E-state index contributed by atoms with van der Waals surface area (Å²) in [5, 5.41) is 6.62. The van der Waals surface area contributed by atoms with Crippen molar-refractivity contribution < 1.29 is 0 Å². The Morgan fingerprint density at radius 1 is 1.37 bits per heavy atom. The Labute approximate surface area is 115 Å². The van der Waals surface area contributed by atoms with Crippen molar-refractivity contribution in [1.29, 1.82) is 0 Å². The Morgan fingerprint density at radius 3 is 2.95 bits per heavy atom. The molecule has 2 N–H and O–H groups in total. The molecule has 5 heteroatoms. The fourth-order valence-corrected chi connectivity index (χ4v) is 2.63. The van der Waals surface area contributed by atoms with E-state index < -0.39 is 0 Å². The highest BCUT2D eigenvalue weighted by Crippen LogP contribution is 2.24. The first-order chi connectivity index (χ1) is 9.20. The molecule has 0 aliphatic carbocycles. The van der Waals surface area contributed by atoms with Crippen LogP contribution in [-0.4, -0.2) is 42.2 Å². The fourth-order valence-electron chi connectivity index (χ4n) is 2.63. The van der Waals surface area contributed by atoms with Gasteiger partial charge in [0.05, 0.1) is 0 Å². The molecule has 106 valence electrons. The standard InChI is InChI=1S/C14H25N5/c1-11(2)18-13-8-14(17-10-16-13)19-7-5-4-6-12(19)9-15-3/h8,10-12,15H,4-7,9H2,1-3H3,(H,16,17,18). The van der Waals surface area contributed by atoms with E-state index in [1.807, 2.05) is 7.05 Å². The van der Waals surface area contributed by atoms with Crippen LogP contribution in [0.3, 0.4) is 0 Å². The third-order valence-electron chi connectivity index (χ3n) is 3.45. The van der Waals surface area contributed by atoms with Gasteiger partial charge in [-0.2, -0.15) is 0 Å². The molecule has 0 amide bonds. The van der Waals surface area contributed by atoms with E-state index in [1.54, 1.807) is 6.33 Å². The zero-order valence-electron chi connectivity index (χ0n) is 12.2. The molecule has 0 radical (unpaired) electrons. The number of anilines is 2. The number of rotatable bonds is 5. The molecule has 1 atom stereocenters. The maximum absolute atomic E-state index is 4.45. The molecular formula is C14H25N5. The first-order valence-corrected chi connectivity index (χ1v) is 7.20.